The third-order valence-electron chi connectivity index (χ3n) is 3.76. The molecule has 2 heterocycles. The lowest BCUT2D eigenvalue weighted by Crippen LogP contribution is -2.25. The number of carbonyl (C=O) groups excluding carboxylic acids is 1. The standard InChI is InChI=1S/C18H18Cl2N4O2/c19-13-3-4-14(15(20)11-13)16-12-22-18(26-16)6-5-17(25)21-7-1-9-24-10-2-8-23-24/h2-4,8,10-12H,1,5-7,9H2,(H,21,25). The molecule has 0 atom stereocenters. The second-order valence-corrected chi connectivity index (χ2v) is 6.56. The Morgan fingerprint density at radius 1 is 1.31 bits per heavy atom. The van der Waals surface area contributed by atoms with Crippen LogP contribution in [-0.4, -0.2) is 27.2 Å². The number of oxazole rings is 1. The number of nitrogens with zero attached hydrogens (tertiary/aromatic N) is 3. The molecule has 1 N–H and O–H groups in total. The Morgan fingerprint density at radius 2 is 2.19 bits per heavy atom. The fraction of sp³-hybridized carbons (Fsp3) is 0.278. The quantitative estimate of drug-likeness (QED) is 0.588. The first-order valence-corrected chi connectivity index (χ1v) is 9.01. The molecule has 6 nitrogen and oxygen atoms in total. The van der Waals surface area contributed by atoms with Crippen LogP contribution in [-0.2, 0) is 17.8 Å². The van der Waals surface area contributed by atoms with Crippen molar-refractivity contribution < 1.29 is 9.21 Å². The van der Waals surface area contributed by atoms with Gasteiger partial charge in [-0.1, -0.05) is 23.2 Å². The molecule has 0 saturated carbocycles. The van der Waals surface area contributed by atoms with Gasteiger partial charge in [-0.2, -0.15) is 5.10 Å². The van der Waals surface area contributed by atoms with Gasteiger partial charge in [-0.25, -0.2) is 4.98 Å². The number of amides is 1. The highest BCUT2D eigenvalue weighted by Crippen LogP contribution is 2.30. The number of hydrogen-bond donors (Lipinski definition) is 1. The van der Waals surface area contributed by atoms with E-state index in [9.17, 15) is 4.79 Å². The van der Waals surface area contributed by atoms with Crippen molar-refractivity contribution in [2.45, 2.75) is 25.8 Å². The first kappa shape index (κ1) is 18.5. The van der Waals surface area contributed by atoms with Crippen molar-refractivity contribution >= 4 is 29.1 Å². The molecule has 3 rings (SSSR count). The van der Waals surface area contributed by atoms with Gasteiger partial charge in [-0.3, -0.25) is 9.48 Å². The fourth-order valence-corrected chi connectivity index (χ4v) is 2.95. The van der Waals surface area contributed by atoms with Gasteiger partial charge in [0.25, 0.3) is 0 Å². The van der Waals surface area contributed by atoms with Crippen molar-refractivity contribution in [2.24, 2.45) is 0 Å². The maximum atomic E-state index is 11.9. The molecule has 0 unspecified atom stereocenters. The number of rotatable bonds is 8. The Hall–Kier alpha value is -2.31. The molecule has 3 aromatic rings. The van der Waals surface area contributed by atoms with Crippen LogP contribution in [0.5, 0.6) is 0 Å². The maximum absolute atomic E-state index is 11.9. The molecule has 0 fully saturated rings. The first-order chi connectivity index (χ1) is 12.6. The van der Waals surface area contributed by atoms with Crippen LogP contribution in [0.2, 0.25) is 10.0 Å². The monoisotopic (exact) mass is 392 g/mol. The predicted octanol–water partition coefficient (Wildman–Crippen LogP) is 3.98. The third kappa shape index (κ3) is 5.09. The van der Waals surface area contributed by atoms with Gasteiger partial charge in [0.05, 0.1) is 11.2 Å². The van der Waals surface area contributed by atoms with Gasteiger partial charge in [0, 0.05) is 48.9 Å². The zero-order chi connectivity index (χ0) is 18.4. The minimum absolute atomic E-state index is 0.0326. The SMILES string of the molecule is O=C(CCc1ncc(-c2ccc(Cl)cc2Cl)o1)NCCCn1cccn1. The van der Waals surface area contributed by atoms with E-state index in [2.05, 4.69) is 15.4 Å². The molecular weight excluding hydrogens is 375 g/mol. The lowest BCUT2D eigenvalue weighted by molar-refractivity contribution is -0.121. The van der Waals surface area contributed by atoms with E-state index < -0.39 is 0 Å². The highest BCUT2D eigenvalue weighted by atomic mass is 35.5. The summed E-state index contributed by atoms with van der Waals surface area (Å²) < 4.78 is 7.52. The van der Waals surface area contributed by atoms with Crippen LogP contribution < -0.4 is 5.32 Å². The topological polar surface area (TPSA) is 73.0 Å². The molecule has 2 aromatic heterocycles. The van der Waals surface area contributed by atoms with E-state index in [0.29, 0.717) is 41.1 Å². The average molecular weight is 393 g/mol. The van der Waals surface area contributed by atoms with E-state index >= 15 is 0 Å². The smallest absolute Gasteiger partial charge is 0.220 e. The van der Waals surface area contributed by atoms with E-state index in [-0.39, 0.29) is 5.91 Å². The molecule has 0 radical (unpaired) electrons. The Kier molecular flexibility index (Phi) is 6.30. The Labute approximate surface area is 161 Å². The number of benzene rings is 1. The predicted molar refractivity (Wildman–Crippen MR) is 100 cm³/mol. The summed E-state index contributed by atoms with van der Waals surface area (Å²) in [4.78, 5) is 16.1. The summed E-state index contributed by atoms with van der Waals surface area (Å²) in [6, 6.07) is 7.04. The van der Waals surface area contributed by atoms with E-state index in [1.807, 2.05) is 16.9 Å². The first-order valence-electron chi connectivity index (χ1n) is 8.26. The minimum atomic E-state index is -0.0326. The van der Waals surface area contributed by atoms with Crippen LogP contribution in [0.4, 0.5) is 0 Å². The second kappa shape index (κ2) is 8.87. The van der Waals surface area contributed by atoms with Gasteiger partial charge in [-0.15, -0.1) is 0 Å². The van der Waals surface area contributed by atoms with Gasteiger partial charge in [-0.05, 0) is 30.7 Å². The summed E-state index contributed by atoms with van der Waals surface area (Å²) in [7, 11) is 0. The molecule has 0 aliphatic carbocycles. The molecule has 136 valence electrons. The molecule has 1 amide bonds. The normalized spacial score (nSPS) is 10.8. The number of nitrogens with one attached hydrogen (secondary N) is 1. The maximum Gasteiger partial charge on any atom is 0.220 e. The van der Waals surface area contributed by atoms with Crippen LogP contribution in [0.15, 0.2) is 47.3 Å². The van der Waals surface area contributed by atoms with Crippen molar-refractivity contribution in [2.75, 3.05) is 6.54 Å². The molecule has 0 bridgehead atoms. The summed E-state index contributed by atoms with van der Waals surface area (Å²) >= 11 is 12.1. The van der Waals surface area contributed by atoms with Crippen molar-refractivity contribution in [3.63, 3.8) is 0 Å². The molecule has 8 heteroatoms. The van der Waals surface area contributed by atoms with Gasteiger partial charge < -0.3 is 9.73 Å². The molecule has 0 spiro atoms. The van der Waals surface area contributed by atoms with E-state index in [4.69, 9.17) is 27.6 Å². The second-order valence-electron chi connectivity index (χ2n) is 5.72. The van der Waals surface area contributed by atoms with Crippen molar-refractivity contribution in [3.05, 3.63) is 58.8 Å². The Bertz CT molecular complexity index is 862. The van der Waals surface area contributed by atoms with Crippen LogP contribution in [0.1, 0.15) is 18.7 Å². The molecule has 0 saturated heterocycles. The van der Waals surface area contributed by atoms with Crippen molar-refractivity contribution in [1.29, 1.82) is 0 Å². The lowest BCUT2D eigenvalue weighted by atomic mass is 10.2. The number of carbonyl (C=O) groups is 1. The molecular formula is C18H18Cl2N4O2. The molecule has 1 aromatic carbocycles. The average Bonchev–Trinajstić information content (AvgIpc) is 3.29. The minimum Gasteiger partial charge on any atom is -0.441 e. The highest BCUT2D eigenvalue weighted by Gasteiger charge is 2.11. The van der Waals surface area contributed by atoms with Gasteiger partial charge in [0.2, 0.25) is 5.91 Å². The summed E-state index contributed by atoms with van der Waals surface area (Å²) in [6.07, 6.45) is 6.81. The van der Waals surface area contributed by atoms with E-state index in [1.165, 1.54) is 0 Å². The van der Waals surface area contributed by atoms with Crippen LogP contribution >= 0.6 is 23.2 Å². The summed E-state index contributed by atoms with van der Waals surface area (Å²) in [5, 5.41) is 8.05. The molecule has 26 heavy (non-hydrogen) atoms. The number of hydrogen-bond acceptors (Lipinski definition) is 4. The van der Waals surface area contributed by atoms with Crippen molar-refractivity contribution in [3.8, 4) is 11.3 Å². The Balaban J connectivity index is 1.43. The zero-order valence-corrected chi connectivity index (χ0v) is 15.5. The fourth-order valence-electron chi connectivity index (χ4n) is 2.45. The zero-order valence-electron chi connectivity index (χ0n) is 14.0. The van der Waals surface area contributed by atoms with Crippen LogP contribution in [0.25, 0.3) is 11.3 Å². The van der Waals surface area contributed by atoms with Crippen LogP contribution in [0, 0.1) is 0 Å². The largest absolute Gasteiger partial charge is 0.441 e. The van der Waals surface area contributed by atoms with Crippen LogP contribution in [0.3, 0.4) is 0 Å². The van der Waals surface area contributed by atoms with E-state index in [1.54, 1.807) is 30.6 Å². The van der Waals surface area contributed by atoms with Gasteiger partial charge >= 0.3 is 0 Å². The number of aromatic nitrogens is 3. The molecule has 0 aliphatic heterocycles. The van der Waals surface area contributed by atoms with E-state index in [0.717, 1.165) is 18.5 Å². The Morgan fingerprint density at radius 3 is 2.96 bits per heavy atom. The lowest BCUT2D eigenvalue weighted by Gasteiger charge is -2.04. The third-order valence-corrected chi connectivity index (χ3v) is 4.31. The summed E-state index contributed by atoms with van der Waals surface area (Å²) in [5.74, 6) is 1.02. The number of aryl methyl sites for hydroxylation is 2. The molecule has 0 aliphatic rings. The van der Waals surface area contributed by atoms with Gasteiger partial charge in [0.1, 0.15) is 0 Å². The van der Waals surface area contributed by atoms with Crippen molar-refractivity contribution in [1.82, 2.24) is 20.1 Å². The number of halogens is 2. The highest BCUT2D eigenvalue weighted by molar-refractivity contribution is 6.36. The summed E-state index contributed by atoms with van der Waals surface area (Å²) in [6.45, 7) is 1.38. The van der Waals surface area contributed by atoms with Gasteiger partial charge in [0.15, 0.2) is 11.7 Å². The summed E-state index contributed by atoms with van der Waals surface area (Å²) in [5.41, 5.74) is 0.720.